The molecule has 0 aromatic carbocycles. The van der Waals surface area contributed by atoms with Gasteiger partial charge in [0.1, 0.15) is 0 Å². The van der Waals surface area contributed by atoms with Gasteiger partial charge in [-0.15, -0.1) is 0 Å². The van der Waals surface area contributed by atoms with Gasteiger partial charge in [0.15, 0.2) is 0 Å². The maximum Gasteiger partial charge on any atom is 0.418 e. The predicted molar refractivity (Wildman–Crippen MR) is 38.8 cm³/mol. The molecule has 0 unspecified atom stereocenters. The smallest absolute Gasteiger partial charge is 0.418 e. The number of ether oxygens (including phenoxy) is 1. The highest BCUT2D eigenvalue weighted by atomic mass is 127. The molecule has 0 rings (SSSR count). The molecule has 0 aromatic rings. The second-order valence-corrected chi connectivity index (χ2v) is 2.62. The fourth-order valence-electron chi connectivity index (χ4n) is 0.212. The van der Waals surface area contributed by atoms with Crippen molar-refractivity contribution in [2.45, 2.75) is 6.92 Å². The third-order valence-corrected chi connectivity index (χ3v) is 0.913. The van der Waals surface area contributed by atoms with E-state index in [1.165, 1.54) is 3.11 Å². The fraction of sp³-hybridized carbons (Fsp3) is 0.750. The average Bonchev–Trinajstić information content (AvgIpc) is 1.67. The van der Waals surface area contributed by atoms with Crippen molar-refractivity contribution in [2.24, 2.45) is 0 Å². The molecule has 4 heteroatoms. The number of carbonyl (C=O) groups excluding carboxylic acids is 1. The third kappa shape index (κ3) is 3.06. The molecule has 0 saturated carbocycles. The van der Waals surface area contributed by atoms with Crippen LogP contribution < -0.4 is 0 Å². The summed E-state index contributed by atoms with van der Waals surface area (Å²) in [5.41, 5.74) is 0. The summed E-state index contributed by atoms with van der Waals surface area (Å²) in [5, 5.41) is 0. The van der Waals surface area contributed by atoms with Crippen molar-refractivity contribution in [1.82, 2.24) is 3.11 Å². The zero-order valence-corrected chi connectivity index (χ0v) is 7.01. The molecule has 0 saturated heterocycles. The van der Waals surface area contributed by atoms with Crippen LogP contribution in [0.25, 0.3) is 0 Å². The Morgan fingerprint density at radius 1 is 1.88 bits per heavy atom. The predicted octanol–water partition coefficient (Wildman–Crippen LogP) is 1.42. The molecule has 0 bridgehead atoms. The molecule has 8 heavy (non-hydrogen) atoms. The largest absolute Gasteiger partial charge is 0.449 e. The van der Waals surface area contributed by atoms with Crippen LogP contribution in [0.3, 0.4) is 0 Å². The molecule has 0 radical (unpaired) electrons. The van der Waals surface area contributed by atoms with Crippen molar-refractivity contribution in [3.05, 3.63) is 0 Å². The van der Waals surface area contributed by atoms with Gasteiger partial charge in [0.25, 0.3) is 0 Å². The number of carbonyl (C=O) groups is 1. The van der Waals surface area contributed by atoms with Gasteiger partial charge in [0.05, 0.1) is 29.5 Å². The van der Waals surface area contributed by atoms with Crippen molar-refractivity contribution in [3.63, 3.8) is 0 Å². The molecular formula is C4H8INO2. The highest BCUT2D eigenvalue weighted by Crippen LogP contribution is 1.95. The SMILES string of the molecule is CCOC(=O)N(C)I. The lowest BCUT2D eigenvalue weighted by Gasteiger charge is -2.05. The van der Waals surface area contributed by atoms with Gasteiger partial charge in [-0.2, -0.15) is 0 Å². The van der Waals surface area contributed by atoms with E-state index in [4.69, 9.17) is 0 Å². The minimum absolute atomic E-state index is 0.298. The third-order valence-electron chi connectivity index (χ3n) is 0.519. The van der Waals surface area contributed by atoms with Crippen molar-refractivity contribution in [3.8, 4) is 0 Å². The van der Waals surface area contributed by atoms with Crippen LogP contribution in [0.2, 0.25) is 0 Å². The first kappa shape index (κ1) is 8.00. The normalized spacial score (nSPS) is 8.38. The van der Waals surface area contributed by atoms with Crippen LogP contribution in [0, 0.1) is 0 Å². The quantitative estimate of drug-likeness (QED) is 0.502. The summed E-state index contributed by atoms with van der Waals surface area (Å²) in [7, 11) is 1.64. The second-order valence-electron chi connectivity index (χ2n) is 1.18. The first-order valence-corrected chi connectivity index (χ1v) is 3.21. The summed E-state index contributed by atoms with van der Waals surface area (Å²) in [6, 6.07) is 0. The number of halogens is 1. The van der Waals surface area contributed by atoms with E-state index in [0.717, 1.165) is 0 Å². The summed E-state index contributed by atoms with van der Waals surface area (Å²) in [6.07, 6.45) is -0.298. The van der Waals surface area contributed by atoms with Crippen LogP contribution in [0.4, 0.5) is 4.79 Å². The zero-order chi connectivity index (χ0) is 6.57. The van der Waals surface area contributed by atoms with E-state index in [2.05, 4.69) is 4.74 Å². The van der Waals surface area contributed by atoms with E-state index in [9.17, 15) is 4.79 Å². The van der Waals surface area contributed by atoms with Crippen molar-refractivity contribution in [2.75, 3.05) is 13.7 Å². The second kappa shape index (κ2) is 3.94. The summed E-state index contributed by atoms with van der Waals surface area (Å²) >= 11 is 1.85. The van der Waals surface area contributed by atoms with Crippen LogP contribution >= 0.6 is 22.9 Å². The van der Waals surface area contributed by atoms with E-state index in [-0.39, 0.29) is 6.09 Å². The van der Waals surface area contributed by atoms with E-state index >= 15 is 0 Å². The lowest BCUT2D eigenvalue weighted by Crippen LogP contribution is -2.16. The maximum absolute atomic E-state index is 10.4. The Hall–Kier alpha value is 0. The summed E-state index contributed by atoms with van der Waals surface area (Å²) < 4.78 is 5.95. The molecular weight excluding hydrogens is 221 g/mol. The molecule has 0 atom stereocenters. The van der Waals surface area contributed by atoms with Gasteiger partial charge < -0.3 is 4.74 Å². The Labute approximate surface area is 62.5 Å². The minimum atomic E-state index is -0.298. The summed E-state index contributed by atoms with van der Waals surface area (Å²) in [4.78, 5) is 10.4. The molecule has 0 aliphatic heterocycles. The number of rotatable bonds is 1. The van der Waals surface area contributed by atoms with Crippen LogP contribution in [0.1, 0.15) is 6.92 Å². The lowest BCUT2D eigenvalue weighted by atomic mass is 10.9. The molecule has 0 heterocycles. The molecule has 0 N–H and O–H groups in total. The van der Waals surface area contributed by atoms with Gasteiger partial charge in [0, 0.05) is 7.05 Å². The number of hydrogen-bond donors (Lipinski definition) is 0. The van der Waals surface area contributed by atoms with Crippen LogP contribution in [0.5, 0.6) is 0 Å². The first-order valence-electron chi connectivity index (χ1n) is 2.24. The molecule has 0 aliphatic carbocycles. The monoisotopic (exact) mass is 229 g/mol. The highest BCUT2D eigenvalue weighted by molar-refractivity contribution is 14.1. The number of nitrogens with zero attached hydrogens (tertiary/aromatic N) is 1. The molecule has 48 valence electrons. The van der Waals surface area contributed by atoms with Crippen molar-refractivity contribution < 1.29 is 9.53 Å². The van der Waals surface area contributed by atoms with Crippen molar-refractivity contribution >= 4 is 29.0 Å². The number of hydrogen-bond acceptors (Lipinski definition) is 2. The van der Waals surface area contributed by atoms with Gasteiger partial charge >= 0.3 is 6.09 Å². The molecule has 3 nitrogen and oxygen atoms in total. The van der Waals surface area contributed by atoms with Gasteiger partial charge in [-0.1, -0.05) is 0 Å². The summed E-state index contributed by atoms with van der Waals surface area (Å²) in [5.74, 6) is 0. The zero-order valence-electron chi connectivity index (χ0n) is 4.85. The van der Waals surface area contributed by atoms with Gasteiger partial charge in [-0.25, -0.2) is 4.79 Å². The lowest BCUT2D eigenvalue weighted by molar-refractivity contribution is 0.142. The average molecular weight is 229 g/mol. The maximum atomic E-state index is 10.4. The van der Waals surface area contributed by atoms with Crippen molar-refractivity contribution in [1.29, 1.82) is 0 Å². The fourth-order valence-corrected chi connectivity index (χ4v) is 0.352. The highest BCUT2D eigenvalue weighted by Gasteiger charge is 2.01. The van der Waals surface area contributed by atoms with Crippen LogP contribution in [-0.2, 0) is 4.74 Å². The van der Waals surface area contributed by atoms with Gasteiger partial charge in [-0.05, 0) is 6.92 Å². The minimum Gasteiger partial charge on any atom is -0.449 e. The van der Waals surface area contributed by atoms with E-state index in [1.807, 2.05) is 22.9 Å². The Kier molecular flexibility index (Phi) is 3.94. The van der Waals surface area contributed by atoms with E-state index in [1.54, 1.807) is 14.0 Å². The van der Waals surface area contributed by atoms with Gasteiger partial charge in [0.2, 0.25) is 0 Å². The molecule has 0 fully saturated rings. The first-order chi connectivity index (χ1) is 3.68. The van der Waals surface area contributed by atoms with Crippen LogP contribution in [-0.4, -0.2) is 22.9 Å². The molecule has 0 aliphatic rings. The van der Waals surface area contributed by atoms with Crippen LogP contribution in [0.15, 0.2) is 0 Å². The Balaban J connectivity index is 3.33. The standard InChI is InChI=1S/C4H8INO2/c1-3-8-4(7)6(2)5/h3H2,1-2H3. The topological polar surface area (TPSA) is 29.5 Å². The Bertz CT molecular complexity index is 84.1. The Morgan fingerprint density at radius 3 is 2.50 bits per heavy atom. The number of amides is 1. The van der Waals surface area contributed by atoms with E-state index < -0.39 is 0 Å². The van der Waals surface area contributed by atoms with E-state index in [0.29, 0.717) is 6.61 Å². The molecule has 1 amide bonds. The molecule has 0 spiro atoms. The molecule has 0 aromatic heterocycles. The van der Waals surface area contributed by atoms with Gasteiger partial charge in [-0.3, -0.25) is 3.11 Å². The summed E-state index contributed by atoms with van der Waals surface area (Å²) in [6.45, 7) is 2.21. The Morgan fingerprint density at radius 2 is 2.38 bits per heavy atom.